The number of amides is 1. The Hall–Kier alpha value is -1.85. The molecular formula is C15H19N3O2. The first-order chi connectivity index (χ1) is 9.46. The average Bonchev–Trinajstić information content (AvgIpc) is 2.78. The number of hydrogen-bond acceptors (Lipinski definition) is 3. The molecule has 1 saturated heterocycles. The number of benzene rings is 1. The maximum absolute atomic E-state index is 12.2. The molecule has 1 amide bonds. The molecule has 0 radical (unpaired) electrons. The lowest BCUT2D eigenvalue weighted by atomic mass is 9.95. The molecule has 20 heavy (non-hydrogen) atoms. The Morgan fingerprint density at radius 1 is 1.50 bits per heavy atom. The van der Waals surface area contributed by atoms with Crippen LogP contribution in [0, 0.1) is 0 Å². The summed E-state index contributed by atoms with van der Waals surface area (Å²) in [6, 6.07) is 7.39. The molecule has 0 unspecified atom stereocenters. The maximum atomic E-state index is 12.2. The van der Waals surface area contributed by atoms with E-state index < -0.39 is 11.6 Å². The highest BCUT2D eigenvalue weighted by molar-refractivity contribution is 5.86. The summed E-state index contributed by atoms with van der Waals surface area (Å²) in [6.45, 7) is 2.46. The van der Waals surface area contributed by atoms with E-state index in [1.165, 1.54) is 0 Å². The second-order valence-corrected chi connectivity index (χ2v) is 5.86. The highest BCUT2D eigenvalue weighted by atomic mass is 16.3. The smallest absolute Gasteiger partial charge is 0.240 e. The van der Waals surface area contributed by atoms with Crippen molar-refractivity contribution in [1.82, 2.24) is 9.88 Å². The number of H-pyrrole nitrogens is 1. The van der Waals surface area contributed by atoms with Gasteiger partial charge < -0.3 is 20.7 Å². The Kier molecular flexibility index (Phi) is 3.03. The van der Waals surface area contributed by atoms with Crippen LogP contribution < -0.4 is 5.73 Å². The molecule has 1 fully saturated rings. The van der Waals surface area contributed by atoms with Crippen LogP contribution in [0.2, 0.25) is 0 Å². The van der Waals surface area contributed by atoms with Gasteiger partial charge in [0, 0.05) is 17.1 Å². The van der Waals surface area contributed by atoms with Crippen LogP contribution in [0.5, 0.6) is 0 Å². The first-order valence-electron chi connectivity index (χ1n) is 6.78. The number of aromatic nitrogens is 1. The number of likely N-dealkylation sites (tertiary alicyclic amines) is 1. The van der Waals surface area contributed by atoms with Gasteiger partial charge in [0.2, 0.25) is 5.91 Å². The number of β-amino-alcohol motifs (C(OH)–C–C–N with tert-alkyl or cyclic N) is 1. The predicted octanol–water partition coefficient (Wildman–Crippen LogP) is 0.631. The Labute approximate surface area is 117 Å². The number of nitrogens with zero attached hydrogens (tertiary/aromatic N) is 1. The fraction of sp³-hybridized carbons (Fsp3) is 0.400. The van der Waals surface area contributed by atoms with Crippen molar-refractivity contribution in [2.45, 2.75) is 25.0 Å². The summed E-state index contributed by atoms with van der Waals surface area (Å²) in [5.41, 5.74) is 7.36. The molecule has 2 heterocycles. The van der Waals surface area contributed by atoms with E-state index in [-0.39, 0.29) is 5.91 Å². The molecular weight excluding hydrogens is 254 g/mol. The zero-order valence-electron chi connectivity index (χ0n) is 11.5. The lowest BCUT2D eigenvalue weighted by molar-refractivity contribution is -0.153. The van der Waals surface area contributed by atoms with Crippen molar-refractivity contribution in [3.05, 3.63) is 36.0 Å². The van der Waals surface area contributed by atoms with Gasteiger partial charge in [0.05, 0.1) is 24.7 Å². The minimum atomic E-state index is -0.754. The van der Waals surface area contributed by atoms with Crippen molar-refractivity contribution < 1.29 is 9.90 Å². The second kappa shape index (κ2) is 4.61. The third-order valence-corrected chi connectivity index (χ3v) is 3.81. The molecule has 0 bridgehead atoms. The van der Waals surface area contributed by atoms with Crippen molar-refractivity contribution >= 4 is 16.8 Å². The zero-order valence-corrected chi connectivity index (χ0v) is 11.5. The second-order valence-electron chi connectivity index (χ2n) is 5.86. The van der Waals surface area contributed by atoms with Gasteiger partial charge in [-0.25, -0.2) is 0 Å². The summed E-state index contributed by atoms with van der Waals surface area (Å²) >= 11 is 0. The Morgan fingerprint density at radius 2 is 2.20 bits per heavy atom. The van der Waals surface area contributed by atoms with Crippen LogP contribution in [0.25, 0.3) is 10.9 Å². The van der Waals surface area contributed by atoms with E-state index in [1.54, 1.807) is 11.8 Å². The molecule has 5 heteroatoms. The third-order valence-electron chi connectivity index (χ3n) is 3.81. The minimum absolute atomic E-state index is 0.0955. The van der Waals surface area contributed by atoms with E-state index in [0.29, 0.717) is 19.5 Å². The SMILES string of the molecule is CC1(O)CN(C(=O)[C@@H](N)Cc2c[nH]c3ccccc23)C1. The van der Waals surface area contributed by atoms with Gasteiger partial charge in [0.25, 0.3) is 0 Å². The number of aromatic amines is 1. The van der Waals surface area contributed by atoms with Crippen LogP contribution in [0.1, 0.15) is 12.5 Å². The molecule has 1 aromatic carbocycles. The van der Waals surface area contributed by atoms with E-state index in [1.807, 2.05) is 30.5 Å². The van der Waals surface area contributed by atoms with E-state index >= 15 is 0 Å². The highest BCUT2D eigenvalue weighted by Crippen LogP contribution is 2.22. The summed E-state index contributed by atoms with van der Waals surface area (Å²) in [4.78, 5) is 16.9. The monoisotopic (exact) mass is 273 g/mol. The summed E-state index contributed by atoms with van der Waals surface area (Å²) in [7, 11) is 0. The fourth-order valence-corrected chi connectivity index (χ4v) is 2.79. The van der Waals surface area contributed by atoms with E-state index in [4.69, 9.17) is 5.73 Å². The molecule has 0 spiro atoms. The number of carbonyl (C=O) groups is 1. The normalized spacial score (nSPS) is 18.9. The third kappa shape index (κ3) is 2.30. The van der Waals surface area contributed by atoms with Crippen molar-refractivity contribution in [2.24, 2.45) is 5.73 Å². The largest absolute Gasteiger partial charge is 0.386 e. The van der Waals surface area contributed by atoms with Crippen molar-refractivity contribution in [3.63, 3.8) is 0 Å². The van der Waals surface area contributed by atoms with Crippen LogP contribution in [0.15, 0.2) is 30.5 Å². The van der Waals surface area contributed by atoms with Crippen LogP contribution in [0.4, 0.5) is 0 Å². The van der Waals surface area contributed by atoms with Crippen molar-refractivity contribution in [1.29, 1.82) is 0 Å². The summed E-state index contributed by atoms with van der Waals surface area (Å²) in [6.07, 6.45) is 2.41. The van der Waals surface area contributed by atoms with Gasteiger partial charge in [-0.2, -0.15) is 0 Å². The van der Waals surface area contributed by atoms with Gasteiger partial charge in [0.15, 0.2) is 0 Å². The number of aliphatic hydroxyl groups is 1. The summed E-state index contributed by atoms with van der Waals surface area (Å²) in [5.74, 6) is -0.0955. The number of para-hydroxylation sites is 1. The molecule has 5 nitrogen and oxygen atoms in total. The Morgan fingerprint density at radius 3 is 2.90 bits per heavy atom. The number of rotatable bonds is 3. The standard InChI is InChI=1S/C15H19N3O2/c1-15(20)8-18(9-15)14(19)12(16)6-10-7-17-13-5-3-2-4-11(10)13/h2-5,7,12,17,20H,6,8-9,16H2,1H3/t12-/m0/s1. The number of hydrogen-bond donors (Lipinski definition) is 3. The molecule has 0 saturated carbocycles. The van der Waals surface area contributed by atoms with Gasteiger partial charge in [-0.3, -0.25) is 4.79 Å². The first-order valence-corrected chi connectivity index (χ1v) is 6.78. The number of nitrogens with two attached hydrogens (primary N) is 1. The number of carbonyl (C=O) groups excluding carboxylic acids is 1. The quantitative estimate of drug-likeness (QED) is 0.767. The molecule has 0 aliphatic carbocycles. The van der Waals surface area contributed by atoms with Gasteiger partial charge >= 0.3 is 0 Å². The zero-order chi connectivity index (χ0) is 14.3. The van der Waals surface area contributed by atoms with Crippen molar-refractivity contribution in [2.75, 3.05) is 13.1 Å². The van der Waals surface area contributed by atoms with E-state index in [0.717, 1.165) is 16.5 Å². The average molecular weight is 273 g/mol. The van der Waals surface area contributed by atoms with E-state index in [2.05, 4.69) is 4.98 Å². The predicted molar refractivity (Wildman–Crippen MR) is 77.2 cm³/mol. The van der Waals surface area contributed by atoms with E-state index in [9.17, 15) is 9.90 Å². The van der Waals surface area contributed by atoms with Crippen LogP contribution in [0.3, 0.4) is 0 Å². The molecule has 1 aliphatic rings. The van der Waals surface area contributed by atoms with Crippen LogP contribution >= 0.6 is 0 Å². The lowest BCUT2D eigenvalue weighted by Crippen LogP contribution is -2.64. The van der Waals surface area contributed by atoms with Gasteiger partial charge in [-0.15, -0.1) is 0 Å². The van der Waals surface area contributed by atoms with Crippen molar-refractivity contribution in [3.8, 4) is 0 Å². The lowest BCUT2D eigenvalue weighted by Gasteiger charge is -2.45. The molecule has 2 aromatic rings. The topological polar surface area (TPSA) is 82.3 Å². The summed E-state index contributed by atoms with van der Waals surface area (Å²) < 4.78 is 0. The van der Waals surface area contributed by atoms with Gasteiger partial charge in [-0.1, -0.05) is 18.2 Å². The molecule has 1 atom stereocenters. The molecule has 3 rings (SSSR count). The Balaban J connectivity index is 1.70. The fourth-order valence-electron chi connectivity index (χ4n) is 2.79. The molecule has 106 valence electrons. The van der Waals surface area contributed by atoms with Gasteiger partial charge in [0.1, 0.15) is 0 Å². The minimum Gasteiger partial charge on any atom is -0.386 e. The van der Waals surface area contributed by atoms with Crippen LogP contribution in [-0.4, -0.2) is 45.6 Å². The highest BCUT2D eigenvalue weighted by Gasteiger charge is 2.40. The molecule has 4 N–H and O–H groups in total. The number of nitrogens with one attached hydrogen (secondary N) is 1. The summed E-state index contributed by atoms with van der Waals surface area (Å²) in [5, 5.41) is 10.8. The Bertz CT molecular complexity index is 639. The number of fused-ring (bicyclic) bond motifs is 1. The molecule has 1 aliphatic heterocycles. The maximum Gasteiger partial charge on any atom is 0.240 e. The molecule has 1 aromatic heterocycles. The van der Waals surface area contributed by atoms with Crippen LogP contribution in [-0.2, 0) is 11.2 Å². The first kappa shape index (κ1) is 13.1. The van der Waals surface area contributed by atoms with Gasteiger partial charge in [-0.05, 0) is 25.0 Å².